The van der Waals surface area contributed by atoms with Crippen LogP contribution in [0.3, 0.4) is 0 Å². The number of ether oxygens (including phenoxy) is 1. The molecule has 0 aliphatic carbocycles. The maximum absolute atomic E-state index is 11.3. The maximum atomic E-state index is 11.3. The molecule has 0 unspecified atom stereocenters. The van der Waals surface area contributed by atoms with Gasteiger partial charge >= 0.3 is 0 Å². The van der Waals surface area contributed by atoms with Gasteiger partial charge in [-0.1, -0.05) is 12.1 Å². The molecule has 1 aromatic carbocycles. The molecule has 4 nitrogen and oxygen atoms in total. The van der Waals surface area contributed by atoms with E-state index in [-0.39, 0.29) is 5.91 Å². The first-order chi connectivity index (χ1) is 7.77. The molecule has 0 aromatic heterocycles. The zero-order valence-electron chi connectivity index (χ0n) is 9.23. The van der Waals surface area contributed by atoms with Gasteiger partial charge < -0.3 is 4.74 Å². The molecule has 5 heteroatoms. The van der Waals surface area contributed by atoms with Crippen molar-refractivity contribution >= 4 is 17.7 Å². The number of nitrogens with two attached hydrogens (primary N) is 1. The predicted octanol–water partition coefficient (Wildman–Crippen LogP) is 1.17. The highest BCUT2D eigenvalue weighted by atomic mass is 32.2. The molecular formula is C11H16N2O2S. The van der Waals surface area contributed by atoms with Gasteiger partial charge in [0, 0.05) is 24.2 Å². The highest BCUT2D eigenvalue weighted by Gasteiger charge is 2.03. The third-order valence-corrected chi connectivity index (χ3v) is 3.01. The van der Waals surface area contributed by atoms with Crippen LogP contribution >= 0.6 is 11.8 Å². The molecule has 0 heterocycles. The lowest BCUT2D eigenvalue weighted by Gasteiger charge is -2.04. The van der Waals surface area contributed by atoms with Crippen LogP contribution in [0, 0.1) is 0 Å². The lowest BCUT2D eigenvalue weighted by atomic mass is 10.1. The molecule has 1 aromatic rings. The molecular weight excluding hydrogens is 224 g/mol. The van der Waals surface area contributed by atoms with Crippen LogP contribution in [0.1, 0.15) is 15.9 Å². The zero-order valence-corrected chi connectivity index (χ0v) is 10.0. The van der Waals surface area contributed by atoms with Gasteiger partial charge in [-0.15, -0.1) is 0 Å². The number of nitrogen functional groups attached to an aromatic ring is 1. The first-order valence-electron chi connectivity index (χ1n) is 4.94. The minimum Gasteiger partial charge on any atom is -0.384 e. The van der Waals surface area contributed by atoms with Crippen LogP contribution in [-0.4, -0.2) is 25.4 Å². The Morgan fingerprint density at radius 3 is 3.06 bits per heavy atom. The molecule has 0 atom stereocenters. The van der Waals surface area contributed by atoms with E-state index in [4.69, 9.17) is 10.6 Å². The monoisotopic (exact) mass is 240 g/mol. The van der Waals surface area contributed by atoms with Gasteiger partial charge in [0.15, 0.2) is 0 Å². The zero-order chi connectivity index (χ0) is 11.8. The van der Waals surface area contributed by atoms with Gasteiger partial charge in [-0.05, 0) is 17.7 Å². The molecule has 1 amide bonds. The Morgan fingerprint density at radius 2 is 2.38 bits per heavy atom. The fourth-order valence-corrected chi connectivity index (χ4v) is 2.06. The summed E-state index contributed by atoms with van der Waals surface area (Å²) in [7, 11) is 1.69. The number of carbonyl (C=O) groups is 1. The predicted molar refractivity (Wildman–Crippen MR) is 66.1 cm³/mol. The molecule has 0 fully saturated rings. The van der Waals surface area contributed by atoms with Crippen molar-refractivity contribution in [3.05, 3.63) is 35.4 Å². The van der Waals surface area contributed by atoms with Crippen LogP contribution in [0.4, 0.5) is 0 Å². The van der Waals surface area contributed by atoms with Gasteiger partial charge in [-0.25, -0.2) is 5.84 Å². The van der Waals surface area contributed by atoms with E-state index in [1.807, 2.05) is 18.2 Å². The largest absolute Gasteiger partial charge is 0.384 e. The molecule has 0 aliphatic heterocycles. The average Bonchev–Trinajstić information content (AvgIpc) is 2.34. The molecule has 0 spiro atoms. The van der Waals surface area contributed by atoms with Crippen molar-refractivity contribution in [1.82, 2.24) is 5.43 Å². The molecule has 0 saturated carbocycles. The van der Waals surface area contributed by atoms with Gasteiger partial charge in [0.1, 0.15) is 0 Å². The Morgan fingerprint density at radius 1 is 1.56 bits per heavy atom. The Kier molecular flexibility index (Phi) is 5.92. The first-order valence-corrected chi connectivity index (χ1v) is 6.10. The van der Waals surface area contributed by atoms with E-state index in [9.17, 15) is 4.79 Å². The number of hydrogen-bond donors (Lipinski definition) is 2. The third-order valence-electron chi connectivity index (χ3n) is 2.02. The average molecular weight is 240 g/mol. The summed E-state index contributed by atoms with van der Waals surface area (Å²) in [6.07, 6.45) is 0. The van der Waals surface area contributed by atoms with Crippen LogP contribution in [0.25, 0.3) is 0 Å². The highest BCUT2D eigenvalue weighted by Crippen LogP contribution is 2.13. The van der Waals surface area contributed by atoms with Gasteiger partial charge in [-0.3, -0.25) is 10.2 Å². The van der Waals surface area contributed by atoms with Crippen molar-refractivity contribution in [3.8, 4) is 0 Å². The molecule has 1 rings (SSSR count). The number of nitrogens with one attached hydrogen (secondary N) is 1. The Balaban J connectivity index is 2.50. The van der Waals surface area contributed by atoms with Crippen molar-refractivity contribution in [2.24, 2.45) is 5.84 Å². The van der Waals surface area contributed by atoms with Crippen molar-refractivity contribution in [2.75, 3.05) is 19.5 Å². The second kappa shape index (κ2) is 7.27. The molecule has 3 N–H and O–H groups in total. The van der Waals surface area contributed by atoms with Gasteiger partial charge in [0.05, 0.1) is 6.61 Å². The van der Waals surface area contributed by atoms with Crippen molar-refractivity contribution in [3.63, 3.8) is 0 Å². The van der Waals surface area contributed by atoms with Crippen LogP contribution in [0.2, 0.25) is 0 Å². The SMILES string of the molecule is COCCSCc1cccc(C(=O)NN)c1. The summed E-state index contributed by atoms with van der Waals surface area (Å²) in [6, 6.07) is 7.44. The summed E-state index contributed by atoms with van der Waals surface area (Å²) in [5.41, 5.74) is 3.82. The van der Waals surface area contributed by atoms with Crippen LogP contribution in [0.15, 0.2) is 24.3 Å². The third kappa shape index (κ3) is 4.22. The number of methoxy groups -OCH3 is 1. The molecule has 0 aliphatic rings. The minimum atomic E-state index is -0.260. The van der Waals surface area contributed by atoms with E-state index in [0.717, 1.165) is 23.7 Å². The van der Waals surface area contributed by atoms with Gasteiger partial charge in [0.2, 0.25) is 0 Å². The smallest absolute Gasteiger partial charge is 0.265 e. The number of hydrazine groups is 1. The van der Waals surface area contributed by atoms with Gasteiger partial charge in [0.25, 0.3) is 5.91 Å². The number of carbonyl (C=O) groups excluding carboxylic acids is 1. The maximum Gasteiger partial charge on any atom is 0.265 e. The number of benzene rings is 1. The first kappa shape index (κ1) is 13.0. The summed E-state index contributed by atoms with van der Waals surface area (Å²) >= 11 is 1.77. The molecule has 0 saturated heterocycles. The van der Waals surface area contributed by atoms with Crippen LogP contribution in [0.5, 0.6) is 0 Å². The fourth-order valence-electron chi connectivity index (χ4n) is 1.22. The van der Waals surface area contributed by atoms with E-state index in [2.05, 4.69) is 5.43 Å². The van der Waals surface area contributed by atoms with Crippen molar-refractivity contribution in [1.29, 1.82) is 0 Å². The van der Waals surface area contributed by atoms with E-state index in [1.165, 1.54) is 0 Å². The Bertz CT molecular complexity index is 345. The number of amides is 1. The van der Waals surface area contributed by atoms with Crippen LogP contribution < -0.4 is 11.3 Å². The van der Waals surface area contributed by atoms with Crippen molar-refractivity contribution in [2.45, 2.75) is 5.75 Å². The minimum absolute atomic E-state index is 0.260. The molecule has 0 radical (unpaired) electrons. The van der Waals surface area contributed by atoms with E-state index in [1.54, 1.807) is 24.9 Å². The Labute approximate surface area is 99.5 Å². The standard InChI is InChI=1S/C11H16N2O2S/c1-15-5-6-16-8-9-3-2-4-10(7-9)11(14)13-12/h2-4,7H,5-6,8,12H2,1H3,(H,13,14). The number of hydrogen-bond acceptors (Lipinski definition) is 4. The van der Waals surface area contributed by atoms with E-state index in [0.29, 0.717) is 5.56 Å². The normalized spacial score (nSPS) is 10.1. The summed E-state index contributed by atoms with van der Waals surface area (Å²) in [5, 5.41) is 0. The summed E-state index contributed by atoms with van der Waals surface area (Å²) < 4.78 is 4.96. The van der Waals surface area contributed by atoms with Gasteiger partial charge in [-0.2, -0.15) is 11.8 Å². The molecule has 16 heavy (non-hydrogen) atoms. The fraction of sp³-hybridized carbons (Fsp3) is 0.364. The summed E-state index contributed by atoms with van der Waals surface area (Å²) in [5.74, 6) is 6.63. The number of thioether (sulfide) groups is 1. The van der Waals surface area contributed by atoms with E-state index < -0.39 is 0 Å². The molecule has 88 valence electrons. The number of rotatable bonds is 6. The topological polar surface area (TPSA) is 64.3 Å². The second-order valence-corrected chi connectivity index (χ2v) is 4.32. The van der Waals surface area contributed by atoms with Crippen LogP contribution in [-0.2, 0) is 10.5 Å². The van der Waals surface area contributed by atoms with E-state index >= 15 is 0 Å². The Hall–Kier alpha value is -1.04. The summed E-state index contributed by atoms with van der Waals surface area (Å²) in [6.45, 7) is 0.744. The molecule has 0 bridgehead atoms. The highest BCUT2D eigenvalue weighted by molar-refractivity contribution is 7.98. The quantitative estimate of drug-likeness (QED) is 0.339. The summed E-state index contributed by atoms with van der Waals surface area (Å²) in [4.78, 5) is 11.3. The van der Waals surface area contributed by atoms with Crippen molar-refractivity contribution < 1.29 is 9.53 Å². The second-order valence-electron chi connectivity index (χ2n) is 3.22. The lowest BCUT2D eigenvalue weighted by molar-refractivity contribution is 0.0953. The lowest BCUT2D eigenvalue weighted by Crippen LogP contribution is -2.29.